The van der Waals surface area contributed by atoms with Gasteiger partial charge in [-0.1, -0.05) is 97.1 Å². The Bertz CT molecular complexity index is 1160. The molecule has 5 nitrogen and oxygen atoms in total. The summed E-state index contributed by atoms with van der Waals surface area (Å²) in [6.07, 6.45) is 5.72. The maximum Gasteiger partial charge on any atom is 0.261 e. The highest BCUT2D eigenvalue weighted by Gasteiger charge is 2.32. The Kier molecular flexibility index (Phi) is 9.86. The van der Waals surface area contributed by atoms with Crippen LogP contribution in [0.3, 0.4) is 0 Å². The number of carbonyl (C=O) groups excluding carboxylic acids is 2. The normalized spacial score (nSPS) is 14.5. The van der Waals surface area contributed by atoms with Gasteiger partial charge in [0.2, 0.25) is 5.91 Å². The van der Waals surface area contributed by atoms with E-state index in [9.17, 15) is 9.59 Å². The molecular weight excluding hydrogens is 507 g/mol. The van der Waals surface area contributed by atoms with Crippen LogP contribution in [0.5, 0.6) is 5.75 Å². The smallest absolute Gasteiger partial charge is 0.261 e. The molecule has 0 spiro atoms. The molecule has 1 aliphatic carbocycles. The lowest BCUT2D eigenvalue weighted by atomic mass is 9.94. The lowest BCUT2D eigenvalue weighted by Crippen LogP contribution is -2.53. The molecule has 3 aromatic rings. The van der Waals surface area contributed by atoms with Gasteiger partial charge >= 0.3 is 0 Å². The minimum absolute atomic E-state index is 0.131. The summed E-state index contributed by atoms with van der Waals surface area (Å²) < 4.78 is 5.79. The van der Waals surface area contributed by atoms with Crippen molar-refractivity contribution >= 4 is 35.0 Å². The van der Waals surface area contributed by atoms with E-state index in [0.29, 0.717) is 22.2 Å². The predicted octanol–water partition coefficient (Wildman–Crippen LogP) is 6.46. The van der Waals surface area contributed by atoms with Gasteiger partial charge in [-0.3, -0.25) is 9.59 Å². The third kappa shape index (κ3) is 7.98. The van der Waals surface area contributed by atoms with E-state index >= 15 is 0 Å². The van der Waals surface area contributed by atoms with E-state index in [1.807, 2.05) is 42.5 Å². The quantitative estimate of drug-likeness (QED) is 0.322. The highest BCUT2D eigenvalue weighted by atomic mass is 35.5. The average Bonchev–Trinajstić information content (AvgIpc) is 2.92. The fourth-order valence-corrected chi connectivity index (χ4v) is 4.99. The summed E-state index contributed by atoms with van der Waals surface area (Å²) in [6.45, 7) is 0.0107. The molecule has 1 unspecified atom stereocenters. The zero-order valence-corrected chi connectivity index (χ0v) is 22.3. The fraction of sp³-hybridized carbons (Fsp3) is 0.333. The van der Waals surface area contributed by atoms with Gasteiger partial charge in [-0.15, -0.1) is 0 Å². The average molecular weight is 540 g/mol. The van der Waals surface area contributed by atoms with Crippen LogP contribution in [0.2, 0.25) is 10.0 Å². The molecule has 37 heavy (non-hydrogen) atoms. The highest BCUT2D eigenvalue weighted by Crippen LogP contribution is 2.24. The Hall–Kier alpha value is -3.02. The van der Waals surface area contributed by atoms with Crippen molar-refractivity contribution in [1.82, 2.24) is 10.2 Å². The van der Waals surface area contributed by atoms with Crippen molar-refractivity contribution in [2.45, 2.75) is 57.2 Å². The van der Waals surface area contributed by atoms with Crippen LogP contribution in [0.15, 0.2) is 78.9 Å². The van der Waals surface area contributed by atoms with E-state index in [1.165, 1.54) is 6.42 Å². The molecule has 194 valence electrons. The van der Waals surface area contributed by atoms with Crippen molar-refractivity contribution in [2.24, 2.45) is 0 Å². The van der Waals surface area contributed by atoms with E-state index in [2.05, 4.69) is 5.32 Å². The van der Waals surface area contributed by atoms with E-state index in [4.69, 9.17) is 27.9 Å². The minimum atomic E-state index is -0.706. The number of amides is 2. The molecule has 1 atom stereocenters. The van der Waals surface area contributed by atoms with Gasteiger partial charge in [0.1, 0.15) is 11.8 Å². The van der Waals surface area contributed by atoms with E-state index in [-0.39, 0.29) is 31.0 Å². The molecule has 3 aromatic carbocycles. The first-order chi connectivity index (χ1) is 18.0. The Morgan fingerprint density at radius 3 is 2.24 bits per heavy atom. The molecule has 4 rings (SSSR count). The van der Waals surface area contributed by atoms with E-state index in [1.54, 1.807) is 41.3 Å². The summed E-state index contributed by atoms with van der Waals surface area (Å²) in [4.78, 5) is 29.0. The number of carbonyl (C=O) groups is 2. The monoisotopic (exact) mass is 538 g/mol. The first-order valence-electron chi connectivity index (χ1n) is 12.7. The second kappa shape index (κ2) is 13.5. The largest absolute Gasteiger partial charge is 0.482 e. The SMILES string of the molecule is O=C(NC1CCCCC1)C(Cc1ccccc1)N(Cc1ccc(Cl)cc1)C(=O)COc1ccccc1Cl. The van der Waals surface area contributed by atoms with E-state index in [0.717, 1.165) is 36.8 Å². The Balaban J connectivity index is 1.61. The van der Waals surface area contributed by atoms with Crippen molar-refractivity contribution in [3.05, 3.63) is 100 Å². The standard InChI is InChI=1S/C30H32Cl2N2O3/c31-24-17-15-23(16-18-24)20-34(29(35)21-37-28-14-8-7-13-26(28)32)27(19-22-9-3-1-4-10-22)30(36)33-25-11-5-2-6-12-25/h1,3-4,7-10,13-18,25,27H,2,5-6,11-12,19-21H2,(H,33,36). The van der Waals surface area contributed by atoms with Gasteiger partial charge in [-0.2, -0.15) is 0 Å². The lowest BCUT2D eigenvalue weighted by molar-refractivity contribution is -0.143. The van der Waals surface area contributed by atoms with Gasteiger partial charge in [0.15, 0.2) is 6.61 Å². The highest BCUT2D eigenvalue weighted by molar-refractivity contribution is 6.32. The molecule has 0 aromatic heterocycles. The molecule has 1 aliphatic rings. The van der Waals surface area contributed by atoms with Crippen molar-refractivity contribution in [2.75, 3.05) is 6.61 Å². The summed E-state index contributed by atoms with van der Waals surface area (Å²) in [6, 6.07) is 23.5. The van der Waals surface area contributed by atoms with Crippen molar-refractivity contribution in [3.8, 4) is 5.75 Å². The molecule has 1 saturated carbocycles. The van der Waals surface area contributed by atoms with Crippen LogP contribution in [0, 0.1) is 0 Å². The van der Waals surface area contributed by atoms with Gasteiger partial charge in [0, 0.05) is 24.0 Å². The zero-order chi connectivity index (χ0) is 26.0. The van der Waals surface area contributed by atoms with Crippen LogP contribution in [-0.4, -0.2) is 35.4 Å². The van der Waals surface area contributed by atoms with Gasteiger partial charge in [0.25, 0.3) is 5.91 Å². The number of halogens is 2. The minimum Gasteiger partial charge on any atom is -0.482 e. The van der Waals surface area contributed by atoms with Crippen LogP contribution in [0.1, 0.15) is 43.2 Å². The number of benzene rings is 3. The molecule has 1 fully saturated rings. The van der Waals surface area contributed by atoms with Crippen molar-refractivity contribution < 1.29 is 14.3 Å². The molecule has 0 radical (unpaired) electrons. The molecule has 0 heterocycles. The molecule has 0 aliphatic heterocycles. The molecule has 2 amide bonds. The van der Waals surface area contributed by atoms with Crippen LogP contribution in [-0.2, 0) is 22.6 Å². The van der Waals surface area contributed by atoms with Crippen LogP contribution in [0.4, 0.5) is 0 Å². The maximum atomic E-state index is 13.7. The van der Waals surface area contributed by atoms with Crippen LogP contribution < -0.4 is 10.1 Å². The summed E-state index contributed by atoms with van der Waals surface area (Å²) in [5, 5.41) is 4.27. The summed E-state index contributed by atoms with van der Waals surface area (Å²) >= 11 is 12.3. The Labute approximate surface area is 228 Å². The number of hydrogen-bond acceptors (Lipinski definition) is 3. The number of nitrogens with zero attached hydrogens (tertiary/aromatic N) is 1. The fourth-order valence-electron chi connectivity index (χ4n) is 4.67. The Morgan fingerprint density at radius 2 is 1.54 bits per heavy atom. The lowest BCUT2D eigenvalue weighted by Gasteiger charge is -2.33. The third-order valence-electron chi connectivity index (χ3n) is 6.68. The number of rotatable bonds is 10. The third-order valence-corrected chi connectivity index (χ3v) is 7.24. The first kappa shape index (κ1) is 27.0. The first-order valence-corrected chi connectivity index (χ1v) is 13.5. The molecular formula is C30H32Cl2N2O3. The summed E-state index contributed by atoms with van der Waals surface area (Å²) in [7, 11) is 0. The molecule has 1 N–H and O–H groups in total. The topological polar surface area (TPSA) is 58.6 Å². The number of nitrogens with one attached hydrogen (secondary N) is 1. The zero-order valence-electron chi connectivity index (χ0n) is 20.7. The van der Waals surface area contributed by atoms with Gasteiger partial charge < -0.3 is 15.0 Å². The van der Waals surface area contributed by atoms with Crippen molar-refractivity contribution in [3.63, 3.8) is 0 Å². The Morgan fingerprint density at radius 1 is 0.865 bits per heavy atom. The molecule has 0 saturated heterocycles. The van der Waals surface area contributed by atoms with Gasteiger partial charge in [0.05, 0.1) is 5.02 Å². The van der Waals surface area contributed by atoms with Crippen LogP contribution >= 0.6 is 23.2 Å². The van der Waals surface area contributed by atoms with Gasteiger partial charge in [-0.25, -0.2) is 0 Å². The number of ether oxygens (including phenoxy) is 1. The number of hydrogen-bond donors (Lipinski definition) is 1. The van der Waals surface area contributed by atoms with Crippen LogP contribution in [0.25, 0.3) is 0 Å². The molecule has 7 heteroatoms. The van der Waals surface area contributed by atoms with E-state index < -0.39 is 6.04 Å². The van der Waals surface area contributed by atoms with Crippen molar-refractivity contribution in [1.29, 1.82) is 0 Å². The summed E-state index contributed by atoms with van der Waals surface area (Å²) in [5.74, 6) is -0.0133. The molecule has 0 bridgehead atoms. The number of para-hydroxylation sites is 1. The maximum absolute atomic E-state index is 13.7. The summed E-state index contributed by atoms with van der Waals surface area (Å²) in [5.41, 5.74) is 1.85. The second-order valence-electron chi connectivity index (χ2n) is 9.42. The van der Waals surface area contributed by atoms with Gasteiger partial charge in [-0.05, 0) is 48.2 Å². The second-order valence-corrected chi connectivity index (χ2v) is 10.3. The predicted molar refractivity (Wildman–Crippen MR) is 148 cm³/mol.